The summed E-state index contributed by atoms with van der Waals surface area (Å²) >= 11 is 0. The maximum absolute atomic E-state index is 12.1. The van der Waals surface area contributed by atoms with Crippen molar-refractivity contribution in [3.8, 4) is 22.8 Å². The number of para-hydroxylation sites is 1. The average molecular weight is 521 g/mol. The number of hydrogen-bond donors (Lipinski definition) is 0. The third-order valence-corrected chi connectivity index (χ3v) is 7.37. The summed E-state index contributed by atoms with van der Waals surface area (Å²) in [6, 6.07) is 32.3. The summed E-state index contributed by atoms with van der Waals surface area (Å²) in [5.41, 5.74) is 4.59. The summed E-state index contributed by atoms with van der Waals surface area (Å²) < 4.78 is 31.8. The van der Waals surface area contributed by atoms with Gasteiger partial charge in [-0.3, -0.25) is 4.57 Å². The Balaban J connectivity index is 1.78. The lowest BCUT2D eigenvalue weighted by Crippen LogP contribution is -2.11. The Morgan fingerprint density at radius 3 is 1.89 bits per heavy atom. The monoisotopic (exact) mass is 520 g/mol. The Kier molecular flexibility index (Phi) is 5.54. The van der Waals surface area contributed by atoms with Crippen LogP contribution in [0.2, 0.25) is 0 Å². The van der Waals surface area contributed by atoms with Crippen molar-refractivity contribution < 1.29 is 12.6 Å². The molecule has 38 heavy (non-hydrogen) atoms. The van der Waals surface area contributed by atoms with Crippen LogP contribution in [0, 0.1) is 0 Å². The standard InChI is InChI=1S/C32H28N2O3S/c1-32(2,3)21-17-19-22(20-18-21)34-30-26-14-8-6-12-24(26)23-11-5-7-13-25(23)29(30)33-31(34)27-15-9-10-16-28(27)37-38(4,35)36/h5-20H,1-4H3. The fraction of sp³-hybridized carbons (Fsp3) is 0.156. The minimum absolute atomic E-state index is 0.0111. The lowest BCUT2D eigenvalue weighted by atomic mass is 9.87. The molecule has 190 valence electrons. The molecule has 1 heterocycles. The van der Waals surface area contributed by atoms with E-state index < -0.39 is 10.1 Å². The molecule has 5 nitrogen and oxygen atoms in total. The van der Waals surface area contributed by atoms with Gasteiger partial charge in [-0.15, -0.1) is 0 Å². The smallest absolute Gasteiger partial charge is 0.306 e. The van der Waals surface area contributed by atoms with Gasteiger partial charge in [0.05, 0.1) is 22.9 Å². The molecule has 0 bridgehead atoms. The van der Waals surface area contributed by atoms with E-state index in [9.17, 15) is 8.42 Å². The van der Waals surface area contributed by atoms with Crippen LogP contribution in [0.25, 0.3) is 49.7 Å². The maximum Gasteiger partial charge on any atom is 0.306 e. The number of fused-ring (bicyclic) bond motifs is 6. The van der Waals surface area contributed by atoms with E-state index in [4.69, 9.17) is 9.17 Å². The van der Waals surface area contributed by atoms with Gasteiger partial charge in [0.25, 0.3) is 0 Å². The zero-order chi connectivity index (χ0) is 26.7. The van der Waals surface area contributed by atoms with Crippen LogP contribution in [0.1, 0.15) is 26.3 Å². The molecule has 0 aliphatic rings. The molecule has 0 saturated heterocycles. The van der Waals surface area contributed by atoms with Crippen molar-refractivity contribution in [3.63, 3.8) is 0 Å². The Bertz CT molecular complexity index is 1950. The minimum Gasteiger partial charge on any atom is -0.382 e. The van der Waals surface area contributed by atoms with Crippen LogP contribution in [0.3, 0.4) is 0 Å². The summed E-state index contributed by atoms with van der Waals surface area (Å²) in [5.74, 6) is 0.857. The van der Waals surface area contributed by atoms with Crippen LogP contribution in [0.4, 0.5) is 0 Å². The molecule has 0 spiro atoms. The summed E-state index contributed by atoms with van der Waals surface area (Å²) in [6.45, 7) is 6.58. The molecule has 1 aromatic heterocycles. The summed E-state index contributed by atoms with van der Waals surface area (Å²) in [6.07, 6.45) is 1.05. The lowest BCUT2D eigenvalue weighted by molar-refractivity contribution is 0.493. The van der Waals surface area contributed by atoms with Gasteiger partial charge in [-0.2, -0.15) is 8.42 Å². The van der Waals surface area contributed by atoms with Gasteiger partial charge in [-0.05, 0) is 46.0 Å². The summed E-state index contributed by atoms with van der Waals surface area (Å²) in [5, 5.41) is 4.36. The number of imidazole rings is 1. The molecule has 0 aliphatic heterocycles. The van der Waals surface area contributed by atoms with Crippen LogP contribution >= 0.6 is 0 Å². The molecule has 6 aromatic rings. The van der Waals surface area contributed by atoms with E-state index in [0.717, 1.165) is 44.5 Å². The van der Waals surface area contributed by atoms with Crippen molar-refractivity contribution in [1.82, 2.24) is 9.55 Å². The first-order valence-corrected chi connectivity index (χ1v) is 14.4. The van der Waals surface area contributed by atoms with Gasteiger partial charge in [-0.25, -0.2) is 4.98 Å². The SMILES string of the molecule is CC(C)(C)c1ccc(-n2c(-c3ccccc3OS(C)(=O)=O)nc3c4ccccc4c4ccccc4c32)cc1. The highest BCUT2D eigenvalue weighted by molar-refractivity contribution is 7.86. The van der Waals surface area contributed by atoms with Crippen LogP contribution in [0.5, 0.6) is 5.75 Å². The Hall–Kier alpha value is -4.16. The predicted octanol–water partition coefficient (Wildman–Crippen LogP) is 7.63. The minimum atomic E-state index is -3.74. The van der Waals surface area contributed by atoms with E-state index in [-0.39, 0.29) is 11.2 Å². The first-order valence-electron chi connectivity index (χ1n) is 12.5. The largest absolute Gasteiger partial charge is 0.382 e. The average Bonchev–Trinajstić information content (AvgIpc) is 3.29. The van der Waals surface area contributed by atoms with Crippen molar-refractivity contribution in [2.75, 3.05) is 6.26 Å². The number of rotatable bonds is 4. The van der Waals surface area contributed by atoms with Gasteiger partial charge >= 0.3 is 10.1 Å². The zero-order valence-electron chi connectivity index (χ0n) is 21.8. The van der Waals surface area contributed by atoms with E-state index >= 15 is 0 Å². The van der Waals surface area contributed by atoms with Crippen LogP contribution < -0.4 is 4.18 Å². The molecule has 5 aromatic carbocycles. The van der Waals surface area contributed by atoms with E-state index in [1.54, 1.807) is 12.1 Å². The second-order valence-corrected chi connectivity index (χ2v) is 12.2. The van der Waals surface area contributed by atoms with Gasteiger partial charge in [0.1, 0.15) is 5.82 Å². The highest BCUT2D eigenvalue weighted by Gasteiger charge is 2.23. The van der Waals surface area contributed by atoms with Crippen molar-refractivity contribution in [3.05, 3.63) is 103 Å². The van der Waals surface area contributed by atoms with E-state index in [1.165, 1.54) is 5.56 Å². The van der Waals surface area contributed by atoms with Crippen LogP contribution in [0.15, 0.2) is 97.1 Å². The van der Waals surface area contributed by atoms with E-state index in [0.29, 0.717) is 11.4 Å². The molecule has 0 saturated carbocycles. The molecule has 0 N–H and O–H groups in total. The first-order chi connectivity index (χ1) is 18.1. The normalized spacial score (nSPS) is 12.4. The summed E-state index contributed by atoms with van der Waals surface area (Å²) in [7, 11) is -3.74. The Labute approximate surface area is 222 Å². The third-order valence-electron chi connectivity index (χ3n) is 6.89. The van der Waals surface area contributed by atoms with Gasteiger partial charge in [0.15, 0.2) is 5.75 Å². The molecule has 6 rings (SSSR count). The first kappa shape index (κ1) is 24.2. The summed E-state index contributed by atoms with van der Waals surface area (Å²) in [4.78, 5) is 5.19. The maximum atomic E-state index is 12.1. The van der Waals surface area contributed by atoms with Gasteiger partial charge < -0.3 is 4.18 Å². The number of benzene rings is 5. The Morgan fingerprint density at radius 1 is 0.711 bits per heavy atom. The van der Waals surface area contributed by atoms with Gasteiger partial charge in [0.2, 0.25) is 0 Å². The fourth-order valence-electron chi connectivity index (χ4n) is 5.14. The Morgan fingerprint density at radius 2 is 1.26 bits per heavy atom. The molecule has 0 radical (unpaired) electrons. The molecular weight excluding hydrogens is 492 g/mol. The van der Waals surface area contributed by atoms with Crippen molar-refractivity contribution in [2.24, 2.45) is 0 Å². The highest BCUT2D eigenvalue weighted by atomic mass is 32.2. The zero-order valence-corrected chi connectivity index (χ0v) is 22.6. The molecular formula is C32H28N2O3S. The second kappa shape index (κ2) is 8.71. The van der Waals surface area contributed by atoms with Crippen molar-refractivity contribution >= 4 is 42.7 Å². The molecule has 0 unspecified atom stereocenters. The molecule has 0 aliphatic carbocycles. The molecule has 0 amide bonds. The van der Waals surface area contributed by atoms with Crippen molar-refractivity contribution in [2.45, 2.75) is 26.2 Å². The quantitative estimate of drug-likeness (QED) is 0.177. The van der Waals surface area contributed by atoms with E-state index in [1.807, 2.05) is 30.3 Å². The third kappa shape index (κ3) is 4.11. The topological polar surface area (TPSA) is 61.2 Å². The van der Waals surface area contributed by atoms with Gasteiger partial charge in [-0.1, -0.05) is 93.6 Å². The highest BCUT2D eigenvalue weighted by Crippen LogP contribution is 2.41. The number of nitrogens with zero attached hydrogens (tertiary/aromatic N) is 2. The number of aromatic nitrogens is 2. The molecule has 6 heteroatoms. The van der Waals surface area contributed by atoms with Gasteiger partial charge in [0, 0.05) is 16.5 Å². The van der Waals surface area contributed by atoms with Crippen LogP contribution in [-0.4, -0.2) is 24.2 Å². The molecule has 0 atom stereocenters. The fourth-order valence-corrected chi connectivity index (χ4v) is 5.61. The predicted molar refractivity (Wildman–Crippen MR) is 156 cm³/mol. The van der Waals surface area contributed by atoms with Crippen molar-refractivity contribution in [1.29, 1.82) is 0 Å². The number of hydrogen-bond acceptors (Lipinski definition) is 4. The van der Waals surface area contributed by atoms with Crippen LogP contribution in [-0.2, 0) is 15.5 Å². The molecule has 0 fully saturated rings. The second-order valence-electron chi connectivity index (χ2n) is 10.6. The lowest BCUT2D eigenvalue weighted by Gasteiger charge is -2.20. The van der Waals surface area contributed by atoms with E-state index in [2.05, 4.69) is 79.9 Å².